The molecule has 2 aliphatic heterocycles. The van der Waals surface area contributed by atoms with Gasteiger partial charge in [-0.2, -0.15) is 0 Å². The molecule has 1 aromatic heterocycles. The molecule has 0 atom stereocenters. The van der Waals surface area contributed by atoms with Crippen LogP contribution in [0.25, 0.3) is 0 Å². The summed E-state index contributed by atoms with van der Waals surface area (Å²) in [6, 6.07) is 19.0. The third-order valence-corrected chi connectivity index (χ3v) is 6.68. The SMILES string of the molecule is CCOc1cccc(CN2CCOc3ccc(CN4CCC(Oc5cccnc5)CC4)cc3C2)c1. The van der Waals surface area contributed by atoms with Crippen molar-refractivity contribution in [2.24, 2.45) is 0 Å². The number of rotatable bonds is 8. The highest BCUT2D eigenvalue weighted by Gasteiger charge is 2.22. The number of hydrogen-bond donors (Lipinski definition) is 0. The third-order valence-electron chi connectivity index (χ3n) is 6.68. The lowest BCUT2D eigenvalue weighted by molar-refractivity contribution is 0.0965. The standard InChI is InChI=1S/C29H35N3O3/c1-2-33-27-6-3-5-23(18-27)21-32-15-16-34-29-9-8-24(17-25(29)22-32)20-31-13-10-26(11-14-31)35-28-7-4-12-30-19-28/h3-9,12,17-19,26H,2,10-11,13-16,20-22H2,1H3. The second-order valence-corrected chi connectivity index (χ2v) is 9.36. The average molecular weight is 474 g/mol. The van der Waals surface area contributed by atoms with E-state index in [2.05, 4.69) is 51.2 Å². The zero-order valence-corrected chi connectivity index (χ0v) is 20.6. The molecule has 184 valence electrons. The van der Waals surface area contributed by atoms with E-state index in [1.807, 2.05) is 25.1 Å². The van der Waals surface area contributed by atoms with Crippen molar-refractivity contribution in [3.63, 3.8) is 0 Å². The minimum absolute atomic E-state index is 0.269. The maximum Gasteiger partial charge on any atom is 0.137 e. The Labute approximate surface area is 208 Å². The fourth-order valence-corrected chi connectivity index (χ4v) is 4.95. The first-order valence-electron chi connectivity index (χ1n) is 12.7. The van der Waals surface area contributed by atoms with Gasteiger partial charge in [0.25, 0.3) is 0 Å². The first-order valence-corrected chi connectivity index (χ1v) is 12.7. The summed E-state index contributed by atoms with van der Waals surface area (Å²) in [4.78, 5) is 9.14. The highest BCUT2D eigenvalue weighted by molar-refractivity contribution is 5.38. The van der Waals surface area contributed by atoms with Gasteiger partial charge in [0.2, 0.25) is 0 Å². The van der Waals surface area contributed by atoms with E-state index in [-0.39, 0.29) is 6.10 Å². The molecule has 1 saturated heterocycles. The topological polar surface area (TPSA) is 47.1 Å². The lowest BCUT2D eigenvalue weighted by atomic mass is 10.0. The molecular formula is C29H35N3O3. The van der Waals surface area contributed by atoms with Crippen molar-refractivity contribution >= 4 is 0 Å². The monoisotopic (exact) mass is 473 g/mol. The van der Waals surface area contributed by atoms with Crippen molar-refractivity contribution in [2.75, 3.05) is 32.8 Å². The number of nitrogens with zero attached hydrogens (tertiary/aromatic N) is 3. The molecule has 5 rings (SSSR count). The van der Waals surface area contributed by atoms with E-state index in [9.17, 15) is 0 Å². The number of piperidine rings is 1. The van der Waals surface area contributed by atoms with Crippen molar-refractivity contribution in [3.8, 4) is 17.2 Å². The second kappa shape index (κ2) is 11.6. The van der Waals surface area contributed by atoms with Gasteiger partial charge in [-0.05, 0) is 67.3 Å². The van der Waals surface area contributed by atoms with Gasteiger partial charge < -0.3 is 14.2 Å². The molecule has 6 heteroatoms. The van der Waals surface area contributed by atoms with E-state index in [4.69, 9.17) is 14.2 Å². The van der Waals surface area contributed by atoms with E-state index < -0.39 is 0 Å². The number of aromatic nitrogens is 1. The Kier molecular flexibility index (Phi) is 7.81. The van der Waals surface area contributed by atoms with Crippen LogP contribution in [0.4, 0.5) is 0 Å². The second-order valence-electron chi connectivity index (χ2n) is 9.36. The van der Waals surface area contributed by atoms with E-state index in [0.717, 1.165) is 69.4 Å². The van der Waals surface area contributed by atoms with Crippen LogP contribution >= 0.6 is 0 Å². The number of fused-ring (bicyclic) bond motifs is 1. The molecule has 3 heterocycles. The number of likely N-dealkylation sites (tertiary alicyclic amines) is 1. The van der Waals surface area contributed by atoms with Gasteiger partial charge in [0.15, 0.2) is 0 Å². The van der Waals surface area contributed by atoms with Crippen LogP contribution in [0.5, 0.6) is 17.2 Å². The Morgan fingerprint density at radius 3 is 2.57 bits per heavy atom. The van der Waals surface area contributed by atoms with Gasteiger partial charge in [-0.1, -0.05) is 18.2 Å². The first kappa shape index (κ1) is 23.6. The molecule has 0 N–H and O–H groups in total. The molecule has 0 amide bonds. The molecule has 0 radical (unpaired) electrons. The van der Waals surface area contributed by atoms with E-state index in [1.54, 1.807) is 12.4 Å². The third kappa shape index (κ3) is 6.53. The van der Waals surface area contributed by atoms with Gasteiger partial charge in [-0.25, -0.2) is 0 Å². The molecule has 1 fully saturated rings. The van der Waals surface area contributed by atoms with Crippen molar-refractivity contribution in [1.29, 1.82) is 0 Å². The van der Waals surface area contributed by atoms with Crippen molar-refractivity contribution < 1.29 is 14.2 Å². The summed E-state index contributed by atoms with van der Waals surface area (Å²) in [5.41, 5.74) is 3.89. The van der Waals surface area contributed by atoms with Gasteiger partial charge in [-0.3, -0.25) is 14.8 Å². The Hall–Kier alpha value is -3.09. The van der Waals surface area contributed by atoms with Crippen molar-refractivity contribution in [2.45, 2.75) is 45.5 Å². The Morgan fingerprint density at radius 2 is 1.74 bits per heavy atom. The highest BCUT2D eigenvalue weighted by atomic mass is 16.5. The molecule has 0 spiro atoms. The minimum Gasteiger partial charge on any atom is -0.494 e. The Morgan fingerprint density at radius 1 is 0.914 bits per heavy atom. The summed E-state index contributed by atoms with van der Waals surface area (Å²) in [5, 5.41) is 0. The minimum atomic E-state index is 0.269. The summed E-state index contributed by atoms with van der Waals surface area (Å²) in [5.74, 6) is 2.82. The lowest BCUT2D eigenvalue weighted by Crippen LogP contribution is -2.37. The number of hydrogen-bond acceptors (Lipinski definition) is 6. The van der Waals surface area contributed by atoms with Gasteiger partial charge in [-0.15, -0.1) is 0 Å². The Balaban J connectivity index is 1.17. The molecule has 0 unspecified atom stereocenters. The van der Waals surface area contributed by atoms with Crippen LogP contribution in [0.2, 0.25) is 0 Å². The predicted octanol–water partition coefficient (Wildman–Crippen LogP) is 4.92. The molecule has 3 aromatic rings. The summed E-state index contributed by atoms with van der Waals surface area (Å²) in [6.45, 7) is 9.15. The first-order chi connectivity index (χ1) is 17.2. The van der Waals surface area contributed by atoms with Crippen molar-refractivity contribution in [3.05, 3.63) is 83.7 Å². The highest BCUT2D eigenvalue weighted by Crippen LogP contribution is 2.27. The predicted molar refractivity (Wildman–Crippen MR) is 137 cm³/mol. The summed E-state index contributed by atoms with van der Waals surface area (Å²) < 4.78 is 17.9. The number of pyridine rings is 1. The van der Waals surface area contributed by atoms with E-state index in [1.165, 1.54) is 16.7 Å². The molecular weight excluding hydrogens is 438 g/mol. The smallest absolute Gasteiger partial charge is 0.137 e. The quantitative estimate of drug-likeness (QED) is 0.463. The lowest BCUT2D eigenvalue weighted by Gasteiger charge is -2.32. The van der Waals surface area contributed by atoms with Gasteiger partial charge in [0.1, 0.15) is 30.0 Å². The normalized spacial score (nSPS) is 17.3. The van der Waals surface area contributed by atoms with E-state index >= 15 is 0 Å². The molecule has 0 saturated carbocycles. The van der Waals surface area contributed by atoms with Crippen LogP contribution in [0, 0.1) is 0 Å². The maximum atomic E-state index is 6.10. The average Bonchev–Trinajstić information content (AvgIpc) is 3.07. The summed E-state index contributed by atoms with van der Waals surface area (Å²) in [7, 11) is 0. The van der Waals surface area contributed by atoms with Crippen LogP contribution < -0.4 is 14.2 Å². The molecule has 6 nitrogen and oxygen atoms in total. The van der Waals surface area contributed by atoms with Gasteiger partial charge in [0, 0.05) is 51.0 Å². The fourth-order valence-electron chi connectivity index (χ4n) is 4.95. The maximum absolute atomic E-state index is 6.10. The number of benzene rings is 2. The molecule has 0 bridgehead atoms. The molecule has 0 aliphatic carbocycles. The largest absolute Gasteiger partial charge is 0.494 e. The molecule has 2 aliphatic rings. The summed E-state index contributed by atoms with van der Waals surface area (Å²) in [6.07, 6.45) is 5.92. The molecule has 2 aromatic carbocycles. The fraction of sp³-hybridized carbons (Fsp3) is 0.414. The van der Waals surface area contributed by atoms with Crippen LogP contribution in [0.15, 0.2) is 67.0 Å². The van der Waals surface area contributed by atoms with E-state index in [0.29, 0.717) is 13.2 Å². The van der Waals surface area contributed by atoms with Gasteiger partial charge in [0.05, 0.1) is 12.8 Å². The summed E-state index contributed by atoms with van der Waals surface area (Å²) >= 11 is 0. The van der Waals surface area contributed by atoms with Crippen LogP contribution in [-0.2, 0) is 19.6 Å². The zero-order valence-electron chi connectivity index (χ0n) is 20.6. The number of ether oxygens (including phenoxy) is 3. The molecule has 35 heavy (non-hydrogen) atoms. The zero-order chi connectivity index (χ0) is 23.9. The van der Waals surface area contributed by atoms with Crippen LogP contribution in [0.3, 0.4) is 0 Å². The van der Waals surface area contributed by atoms with Crippen LogP contribution in [-0.4, -0.2) is 53.7 Å². The Bertz CT molecular complexity index is 1080. The van der Waals surface area contributed by atoms with Crippen LogP contribution in [0.1, 0.15) is 36.5 Å². The van der Waals surface area contributed by atoms with Crippen molar-refractivity contribution in [1.82, 2.24) is 14.8 Å². The van der Waals surface area contributed by atoms with Gasteiger partial charge >= 0.3 is 0 Å².